The number of halogens is 1. The topological polar surface area (TPSA) is 58.0 Å². The molecule has 0 aliphatic rings. The fraction of sp³-hybridized carbons (Fsp3) is 0.100. The van der Waals surface area contributed by atoms with Gasteiger partial charge in [-0.25, -0.2) is 10.4 Å². The Kier molecular flexibility index (Phi) is 4.50. The van der Waals surface area contributed by atoms with Crippen LogP contribution in [0, 0.1) is 17.4 Å². The highest BCUT2D eigenvalue weighted by Crippen LogP contribution is 2.21. The zero-order valence-electron chi connectivity index (χ0n) is 14.5. The van der Waals surface area contributed by atoms with Gasteiger partial charge in [-0.3, -0.25) is 0 Å². The van der Waals surface area contributed by atoms with E-state index in [1.165, 1.54) is 9.26 Å². The van der Waals surface area contributed by atoms with Gasteiger partial charge in [0.25, 0.3) is 0 Å². The summed E-state index contributed by atoms with van der Waals surface area (Å²) >= 11 is 2.32. The normalized spacial score (nSPS) is 11.5. The number of nitrogens with one attached hydrogen (secondary N) is 2. The summed E-state index contributed by atoms with van der Waals surface area (Å²) in [7, 11) is 0. The Bertz CT molecular complexity index is 1060. The van der Waals surface area contributed by atoms with Crippen molar-refractivity contribution in [2.75, 3.05) is 5.43 Å². The van der Waals surface area contributed by atoms with E-state index in [-0.39, 0.29) is 0 Å². The second-order valence-corrected chi connectivity index (χ2v) is 7.36. The van der Waals surface area contributed by atoms with Gasteiger partial charge in [0.05, 0.1) is 17.2 Å². The minimum atomic E-state index is 0.633. The fourth-order valence-electron chi connectivity index (χ4n) is 3.07. The maximum atomic E-state index is 4.46. The highest BCUT2D eigenvalue weighted by Gasteiger charge is 2.09. The van der Waals surface area contributed by atoms with E-state index in [0.717, 1.165) is 28.0 Å². The molecule has 0 bridgehead atoms. The van der Waals surface area contributed by atoms with E-state index in [9.17, 15) is 0 Å². The molecule has 2 aromatic carbocycles. The Balaban J connectivity index is 1.57. The monoisotopic (exact) mass is 455 g/mol. The van der Waals surface area contributed by atoms with Crippen molar-refractivity contribution in [1.82, 2.24) is 14.5 Å². The Morgan fingerprint density at radius 2 is 1.88 bits per heavy atom. The van der Waals surface area contributed by atoms with Gasteiger partial charge in [0, 0.05) is 26.2 Å². The smallest absolute Gasteiger partial charge is 0.222 e. The predicted molar refractivity (Wildman–Crippen MR) is 115 cm³/mol. The van der Waals surface area contributed by atoms with E-state index in [1.807, 2.05) is 30.5 Å². The van der Waals surface area contributed by atoms with Crippen LogP contribution in [0.5, 0.6) is 0 Å². The lowest BCUT2D eigenvalue weighted by molar-refractivity contribution is 0.964. The largest absolute Gasteiger partial charge is 0.323 e. The molecule has 0 saturated heterocycles. The average molecular weight is 455 g/mol. The molecule has 4 rings (SSSR count). The number of rotatable bonds is 4. The van der Waals surface area contributed by atoms with Gasteiger partial charge >= 0.3 is 0 Å². The summed E-state index contributed by atoms with van der Waals surface area (Å²) in [5, 5.41) is 4.35. The lowest BCUT2D eigenvalue weighted by Crippen LogP contribution is -2.00. The van der Waals surface area contributed by atoms with E-state index >= 15 is 0 Å². The van der Waals surface area contributed by atoms with Crippen molar-refractivity contribution >= 4 is 45.8 Å². The van der Waals surface area contributed by atoms with Crippen LogP contribution in [-0.4, -0.2) is 20.7 Å². The minimum absolute atomic E-state index is 0.633. The third kappa shape index (κ3) is 3.24. The molecule has 0 aliphatic heterocycles. The van der Waals surface area contributed by atoms with Crippen LogP contribution in [-0.2, 0) is 0 Å². The molecule has 0 atom stereocenters. The molecule has 0 spiro atoms. The molecule has 0 saturated carbocycles. The van der Waals surface area contributed by atoms with Crippen molar-refractivity contribution in [2.24, 2.45) is 5.10 Å². The summed E-state index contributed by atoms with van der Waals surface area (Å²) in [4.78, 5) is 7.66. The van der Waals surface area contributed by atoms with Crippen LogP contribution < -0.4 is 5.43 Å². The molecule has 0 unspecified atom stereocenters. The zero-order valence-corrected chi connectivity index (χ0v) is 16.7. The number of benzene rings is 2. The van der Waals surface area contributed by atoms with Crippen molar-refractivity contribution in [1.29, 1.82) is 0 Å². The Morgan fingerprint density at radius 1 is 1.12 bits per heavy atom. The standard InChI is InChI=1S/C20H18IN5/c1-13-11-15(14(2)26(13)17-9-7-16(21)8-10-17)12-22-25-20-23-18-5-3-4-6-19(18)24-20/h3-12H,1-2H3,(H2,23,24,25). The SMILES string of the molecule is Cc1cc(C=NNc2nc3ccccc3[nH]2)c(C)n1-c1ccc(I)cc1. The summed E-state index contributed by atoms with van der Waals surface area (Å²) in [6, 6.07) is 18.5. The number of H-pyrrole nitrogens is 1. The molecule has 0 radical (unpaired) electrons. The molecular formula is C20H18IN5. The van der Waals surface area contributed by atoms with Crippen LogP contribution in [0.2, 0.25) is 0 Å². The van der Waals surface area contributed by atoms with Crippen molar-refractivity contribution in [3.05, 3.63) is 75.1 Å². The van der Waals surface area contributed by atoms with Crippen LogP contribution in [0.4, 0.5) is 5.95 Å². The number of fused-ring (bicyclic) bond motifs is 1. The lowest BCUT2D eigenvalue weighted by Gasteiger charge is -2.09. The molecule has 5 nitrogen and oxygen atoms in total. The number of para-hydroxylation sites is 2. The molecule has 2 aromatic heterocycles. The average Bonchev–Trinajstić information content (AvgIpc) is 3.17. The van der Waals surface area contributed by atoms with Crippen LogP contribution >= 0.6 is 22.6 Å². The van der Waals surface area contributed by atoms with Gasteiger partial charge in [-0.2, -0.15) is 5.10 Å². The quantitative estimate of drug-likeness (QED) is 0.258. The fourth-order valence-corrected chi connectivity index (χ4v) is 3.43. The van der Waals surface area contributed by atoms with E-state index in [0.29, 0.717) is 5.95 Å². The predicted octanol–water partition coefficient (Wildman–Crippen LogP) is 5.02. The summed E-state index contributed by atoms with van der Waals surface area (Å²) in [5.41, 5.74) is 9.44. The maximum absolute atomic E-state index is 4.46. The van der Waals surface area contributed by atoms with Gasteiger partial charge in [0.15, 0.2) is 0 Å². The molecule has 26 heavy (non-hydrogen) atoms. The lowest BCUT2D eigenvalue weighted by atomic mass is 10.2. The van der Waals surface area contributed by atoms with Gasteiger partial charge in [-0.1, -0.05) is 12.1 Å². The van der Waals surface area contributed by atoms with Crippen LogP contribution in [0.3, 0.4) is 0 Å². The first-order valence-corrected chi connectivity index (χ1v) is 9.38. The number of nitrogens with zero attached hydrogens (tertiary/aromatic N) is 3. The number of imidazole rings is 1. The maximum Gasteiger partial charge on any atom is 0.222 e. The second-order valence-electron chi connectivity index (χ2n) is 6.11. The Morgan fingerprint density at radius 3 is 2.65 bits per heavy atom. The summed E-state index contributed by atoms with van der Waals surface area (Å²) < 4.78 is 3.46. The van der Waals surface area contributed by atoms with Crippen molar-refractivity contribution < 1.29 is 0 Å². The van der Waals surface area contributed by atoms with E-state index < -0.39 is 0 Å². The Hall–Kier alpha value is -2.61. The zero-order chi connectivity index (χ0) is 18.1. The van der Waals surface area contributed by atoms with Gasteiger partial charge in [0.2, 0.25) is 5.95 Å². The van der Waals surface area contributed by atoms with Crippen molar-refractivity contribution in [3.63, 3.8) is 0 Å². The Labute approximate surface area is 165 Å². The van der Waals surface area contributed by atoms with Gasteiger partial charge < -0.3 is 9.55 Å². The molecule has 6 heteroatoms. The molecule has 130 valence electrons. The number of hydrogen-bond acceptors (Lipinski definition) is 3. The van der Waals surface area contributed by atoms with Crippen LogP contribution in [0.1, 0.15) is 17.0 Å². The van der Waals surface area contributed by atoms with Crippen LogP contribution in [0.25, 0.3) is 16.7 Å². The van der Waals surface area contributed by atoms with E-state index in [4.69, 9.17) is 0 Å². The number of aromatic nitrogens is 3. The molecule has 4 aromatic rings. The second kappa shape index (κ2) is 6.95. The molecular weight excluding hydrogens is 437 g/mol. The van der Waals surface area contributed by atoms with E-state index in [2.05, 4.69) is 91.8 Å². The number of aromatic amines is 1. The molecule has 0 amide bonds. The molecule has 0 fully saturated rings. The third-order valence-electron chi connectivity index (χ3n) is 4.32. The van der Waals surface area contributed by atoms with Crippen molar-refractivity contribution in [2.45, 2.75) is 13.8 Å². The number of hydrogen-bond donors (Lipinski definition) is 2. The third-order valence-corrected chi connectivity index (χ3v) is 5.04. The van der Waals surface area contributed by atoms with Crippen LogP contribution in [0.15, 0.2) is 59.7 Å². The molecule has 0 aliphatic carbocycles. The molecule has 2 N–H and O–H groups in total. The number of hydrazone groups is 1. The first-order chi connectivity index (χ1) is 12.6. The highest BCUT2D eigenvalue weighted by atomic mass is 127. The first kappa shape index (κ1) is 16.8. The van der Waals surface area contributed by atoms with E-state index in [1.54, 1.807) is 0 Å². The summed E-state index contributed by atoms with van der Waals surface area (Å²) in [5.74, 6) is 0.633. The first-order valence-electron chi connectivity index (χ1n) is 8.30. The number of anilines is 1. The van der Waals surface area contributed by atoms with Crippen molar-refractivity contribution in [3.8, 4) is 5.69 Å². The summed E-state index contributed by atoms with van der Waals surface area (Å²) in [6.07, 6.45) is 1.83. The summed E-state index contributed by atoms with van der Waals surface area (Å²) in [6.45, 7) is 4.21. The van der Waals surface area contributed by atoms with Gasteiger partial charge in [-0.05, 0) is 78.9 Å². The minimum Gasteiger partial charge on any atom is -0.323 e. The number of aryl methyl sites for hydroxylation is 1. The molecule has 2 heterocycles. The highest BCUT2D eigenvalue weighted by molar-refractivity contribution is 14.1. The van der Waals surface area contributed by atoms with Gasteiger partial charge in [-0.15, -0.1) is 0 Å². The van der Waals surface area contributed by atoms with Gasteiger partial charge in [0.1, 0.15) is 0 Å².